The molecule has 0 bridgehead atoms. The predicted molar refractivity (Wildman–Crippen MR) is 130 cm³/mol. The van der Waals surface area contributed by atoms with Gasteiger partial charge in [-0.05, 0) is 38.0 Å². The molecule has 3 aromatic rings. The van der Waals surface area contributed by atoms with Crippen molar-refractivity contribution in [3.8, 4) is 11.5 Å². The van der Waals surface area contributed by atoms with Gasteiger partial charge in [0, 0.05) is 49.8 Å². The molecule has 0 saturated carbocycles. The minimum atomic E-state index is -0.732. The number of aryl methyl sites for hydroxylation is 1. The molecule has 4 rings (SSSR count). The smallest absolute Gasteiger partial charge is 0.254 e. The zero-order valence-corrected chi connectivity index (χ0v) is 20.4. The lowest BCUT2D eigenvalue weighted by molar-refractivity contribution is -0.128. The minimum absolute atomic E-state index is 0.00335. The number of carbonyl (C=O) groups is 2. The summed E-state index contributed by atoms with van der Waals surface area (Å²) in [5, 5.41) is 10.2. The molecule has 1 atom stereocenters. The maximum Gasteiger partial charge on any atom is 0.254 e. The SMILES string of the molecule is COc1ccc(OC)c(C[C@@H](NC(C)=O)C(=O)NC2CCN(c3cc(C)nc4ncnn34)CC2)c1. The third kappa shape index (κ3) is 5.61. The van der Waals surface area contributed by atoms with Gasteiger partial charge in [0.1, 0.15) is 29.7 Å². The summed E-state index contributed by atoms with van der Waals surface area (Å²) in [7, 11) is 3.15. The molecule has 2 aromatic heterocycles. The van der Waals surface area contributed by atoms with Crippen molar-refractivity contribution in [1.82, 2.24) is 30.2 Å². The number of methoxy groups -OCH3 is 2. The summed E-state index contributed by atoms with van der Waals surface area (Å²) in [5.41, 5.74) is 1.66. The molecule has 0 radical (unpaired) electrons. The number of ether oxygens (including phenoxy) is 2. The maximum atomic E-state index is 13.2. The molecular weight excluding hydrogens is 450 g/mol. The quantitative estimate of drug-likeness (QED) is 0.493. The number of amides is 2. The van der Waals surface area contributed by atoms with Crippen LogP contribution in [0.15, 0.2) is 30.6 Å². The molecule has 2 amide bonds. The van der Waals surface area contributed by atoms with E-state index in [2.05, 4.69) is 30.6 Å². The normalized spacial score (nSPS) is 15.0. The Labute approximate surface area is 203 Å². The number of rotatable bonds is 8. The van der Waals surface area contributed by atoms with E-state index in [4.69, 9.17) is 9.47 Å². The second-order valence-electron chi connectivity index (χ2n) is 8.63. The van der Waals surface area contributed by atoms with Gasteiger partial charge in [0.25, 0.3) is 5.78 Å². The van der Waals surface area contributed by atoms with Gasteiger partial charge >= 0.3 is 0 Å². The van der Waals surface area contributed by atoms with Gasteiger partial charge in [-0.1, -0.05) is 0 Å². The van der Waals surface area contributed by atoms with Crippen molar-refractivity contribution in [3.05, 3.63) is 41.9 Å². The molecule has 186 valence electrons. The number of carbonyl (C=O) groups excluding carboxylic acids is 2. The third-order valence-electron chi connectivity index (χ3n) is 6.13. The molecule has 2 N–H and O–H groups in total. The summed E-state index contributed by atoms with van der Waals surface area (Å²) in [6, 6.07) is 6.66. The van der Waals surface area contributed by atoms with Crippen LogP contribution < -0.4 is 25.0 Å². The van der Waals surface area contributed by atoms with Crippen LogP contribution in [0, 0.1) is 6.92 Å². The highest BCUT2D eigenvalue weighted by atomic mass is 16.5. The Morgan fingerprint density at radius 2 is 1.94 bits per heavy atom. The summed E-state index contributed by atoms with van der Waals surface area (Å²) in [6.07, 6.45) is 3.31. The van der Waals surface area contributed by atoms with Crippen molar-refractivity contribution in [2.75, 3.05) is 32.2 Å². The van der Waals surface area contributed by atoms with Gasteiger partial charge in [-0.2, -0.15) is 14.6 Å². The summed E-state index contributed by atoms with van der Waals surface area (Å²) >= 11 is 0. The minimum Gasteiger partial charge on any atom is -0.497 e. The third-order valence-corrected chi connectivity index (χ3v) is 6.13. The number of aromatic nitrogens is 4. The average molecular weight is 482 g/mol. The largest absolute Gasteiger partial charge is 0.497 e. The number of benzene rings is 1. The number of nitrogens with zero attached hydrogens (tertiary/aromatic N) is 5. The molecule has 0 unspecified atom stereocenters. The van der Waals surface area contributed by atoms with Crippen LogP contribution in [-0.2, 0) is 16.0 Å². The van der Waals surface area contributed by atoms with E-state index in [1.807, 2.05) is 19.1 Å². The van der Waals surface area contributed by atoms with E-state index in [9.17, 15) is 9.59 Å². The van der Waals surface area contributed by atoms with Crippen molar-refractivity contribution >= 4 is 23.4 Å². The summed E-state index contributed by atoms with van der Waals surface area (Å²) < 4.78 is 12.5. The van der Waals surface area contributed by atoms with E-state index in [1.54, 1.807) is 30.9 Å². The zero-order valence-electron chi connectivity index (χ0n) is 20.4. The highest BCUT2D eigenvalue weighted by Gasteiger charge is 2.27. The van der Waals surface area contributed by atoms with Crippen molar-refractivity contribution in [3.63, 3.8) is 0 Å². The maximum absolute atomic E-state index is 13.2. The monoisotopic (exact) mass is 481 g/mol. The second kappa shape index (κ2) is 10.6. The van der Waals surface area contributed by atoms with Gasteiger partial charge < -0.3 is 25.0 Å². The summed E-state index contributed by atoms with van der Waals surface area (Å²) in [5.74, 6) is 2.31. The van der Waals surface area contributed by atoms with Gasteiger partial charge in [0.15, 0.2) is 0 Å². The van der Waals surface area contributed by atoms with E-state index in [-0.39, 0.29) is 24.3 Å². The molecule has 11 heteroatoms. The molecule has 1 saturated heterocycles. The average Bonchev–Trinajstić information content (AvgIpc) is 3.31. The van der Waals surface area contributed by atoms with Crippen LogP contribution in [0.3, 0.4) is 0 Å². The molecule has 0 spiro atoms. The van der Waals surface area contributed by atoms with Crippen molar-refractivity contribution in [2.24, 2.45) is 0 Å². The molecule has 3 heterocycles. The fourth-order valence-electron chi connectivity index (χ4n) is 4.41. The van der Waals surface area contributed by atoms with E-state index < -0.39 is 6.04 Å². The zero-order chi connectivity index (χ0) is 24.9. The van der Waals surface area contributed by atoms with E-state index in [0.29, 0.717) is 17.3 Å². The van der Waals surface area contributed by atoms with Crippen LogP contribution in [0.4, 0.5) is 5.82 Å². The van der Waals surface area contributed by atoms with Crippen LogP contribution >= 0.6 is 0 Å². The van der Waals surface area contributed by atoms with Crippen LogP contribution in [0.5, 0.6) is 11.5 Å². The fourth-order valence-corrected chi connectivity index (χ4v) is 4.41. The number of anilines is 1. The van der Waals surface area contributed by atoms with E-state index >= 15 is 0 Å². The Morgan fingerprint density at radius 1 is 1.17 bits per heavy atom. The fraction of sp³-hybridized carbons (Fsp3) is 0.458. The number of nitrogens with one attached hydrogen (secondary N) is 2. The molecule has 1 aliphatic rings. The number of piperidine rings is 1. The lowest BCUT2D eigenvalue weighted by Crippen LogP contribution is -2.52. The van der Waals surface area contributed by atoms with E-state index in [1.165, 1.54) is 13.3 Å². The Morgan fingerprint density at radius 3 is 2.63 bits per heavy atom. The number of hydrogen-bond acceptors (Lipinski definition) is 8. The highest BCUT2D eigenvalue weighted by molar-refractivity contribution is 5.87. The summed E-state index contributed by atoms with van der Waals surface area (Å²) in [4.78, 5) is 35.9. The molecule has 1 aliphatic heterocycles. The Kier molecular flexibility index (Phi) is 7.33. The first-order valence-corrected chi connectivity index (χ1v) is 11.6. The molecule has 0 aliphatic carbocycles. The van der Waals surface area contributed by atoms with Crippen LogP contribution in [-0.4, -0.2) is 70.8 Å². The van der Waals surface area contributed by atoms with Gasteiger partial charge in [-0.25, -0.2) is 4.98 Å². The van der Waals surface area contributed by atoms with Crippen LogP contribution in [0.25, 0.3) is 5.78 Å². The van der Waals surface area contributed by atoms with Gasteiger partial charge in [0.05, 0.1) is 14.2 Å². The Bertz CT molecular complexity index is 1200. The lowest BCUT2D eigenvalue weighted by atomic mass is 10.0. The molecule has 1 fully saturated rings. The van der Waals surface area contributed by atoms with Crippen molar-refractivity contribution in [1.29, 1.82) is 0 Å². The van der Waals surface area contributed by atoms with Crippen molar-refractivity contribution in [2.45, 2.75) is 45.2 Å². The van der Waals surface area contributed by atoms with Gasteiger partial charge in [-0.3, -0.25) is 9.59 Å². The number of fused-ring (bicyclic) bond motifs is 1. The summed E-state index contributed by atoms with van der Waals surface area (Å²) in [6.45, 7) is 4.84. The predicted octanol–water partition coefficient (Wildman–Crippen LogP) is 1.28. The molecule has 35 heavy (non-hydrogen) atoms. The Balaban J connectivity index is 1.42. The van der Waals surface area contributed by atoms with Crippen molar-refractivity contribution < 1.29 is 19.1 Å². The molecule has 11 nitrogen and oxygen atoms in total. The first-order valence-electron chi connectivity index (χ1n) is 11.6. The first kappa shape index (κ1) is 24.2. The highest BCUT2D eigenvalue weighted by Crippen LogP contribution is 2.26. The standard InChI is InChI=1S/C24H31N7O4/c1-15-11-22(31-24(27-15)25-14-26-31)30-9-7-18(8-10-30)29-23(33)20(28-16(2)32)13-17-12-19(34-3)5-6-21(17)35-4/h5-6,11-12,14,18,20H,7-10,13H2,1-4H3,(H,28,32)(H,29,33)/t20-/m1/s1. The second-order valence-corrected chi connectivity index (χ2v) is 8.63. The number of hydrogen-bond donors (Lipinski definition) is 2. The van der Waals surface area contributed by atoms with Gasteiger partial charge in [0.2, 0.25) is 11.8 Å². The topological polar surface area (TPSA) is 123 Å². The van der Waals surface area contributed by atoms with Crippen LogP contribution in [0.1, 0.15) is 31.0 Å². The lowest BCUT2D eigenvalue weighted by Gasteiger charge is -2.34. The Hall–Kier alpha value is -3.89. The van der Waals surface area contributed by atoms with Crippen LogP contribution in [0.2, 0.25) is 0 Å². The first-order chi connectivity index (χ1) is 16.9. The molecule has 1 aromatic carbocycles. The molecular formula is C24H31N7O4. The van der Waals surface area contributed by atoms with Gasteiger partial charge in [-0.15, -0.1) is 0 Å². The van der Waals surface area contributed by atoms with E-state index in [0.717, 1.165) is 43.0 Å².